The normalized spacial score (nSPS) is 13.8. The van der Waals surface area contributed by atoms with Crippen LogP contribution in [-0.2, 0) is 6.54 Å². The standard InChI is InChI=1S/C9H17N3/c1-7(2)9(10)6-12-5-8(3)4-11-12/h4-5,7,9H,6,10H2,1-3H3. The second-order valence-corrected chi connectivity index (χ2v) is 3.65. The Kier molecular flexibility index (Phi) is 2.87. The van der Waals surface area contributed by atoms with Crippen LogP contribution in [0.1, 0.15) is 19.4 Å². The number of hydrogen-bond donors (Lipinski definition) is 1. The minimum Gasteiger partial charge on any atom is -0.326 e. The third-order valence-electron chi connectivity index (χ3n) is 2.02. The Bertz CT molecular complexity index is 240. The second-order valence-electron chi connectivity index (χ2n) is 3.65. The van der Waals surface area contributed by atoms with Gasteiger partial charge in [-0.25, -0.2) is 0 Å². The summed E-state index contributed by atoms with van der Waals surface area (Å²) in [5, 5.41) is 4.17. The highest BCUT2D eigenvalue weighted by Gasteiger charge is 2.08. The number of nitrogens with zero attached hydrogens (tertiary/aromatic N) is 2. The van der Waals surface area contributed by atoms with Gasteiger partial charge in [0.1, 0.15) is 0 Å². The second kappa shape index (κ2) is 3.72. The molecule has 0 saturated carbocycles. The molecule has 68 valence electrons. The van der Waals surface area contributed by atoms with Gasteiger partial charge in [0.05, 0.1) is 12.7 Å². The first-order chi connectivity index (χ1) is 5.59. The summed E-state index contributed by atoms with van der Waals surface area (Å²) in [4.78, 5) is 0. The molecule has 3 nitrogen and oxygen atoms in total. The molecule has 0 aromatic carbocycles. The molecule has 0 radical (unpaired) electrons. The summed E-state index contributed by atoms with van der Waals surface area (Å²) in [6, 6.07) is 0.198. The number of hydrogen-bond acceptors (Lipinski definition) is 2. The SMILES string of the molecule is Cc1cnn(CC(N)C(C)C)c1. The molecule has 12 heavy (non-hydrogen) atoms. The molecule has 1 aromatic heterocycles. The van der Waals surface area contributed by atoms with Crippen molar-refractivity contribution in [1.29, 1.82) is 0 Å². The fourth-order valence-corrected chi connectivity index (χ4v) is 0.994. The van der Waals surface area contributed by atoms with Crippen molar-refractivity contribution in [3.8, 4) is 0 Å². The molecule has 0 aliphatic heterocycles. The molecule has 0 aliphatic rings. The van der Waals surface area contributed by atoms with E-state index in [9.17, 15) is 0 Å². The van der Waals surface area contributed by atoms with Gasteiger partial charge < -0.3 is 5.73 Å². The third-order valence-corrected chi connectivity index (χ3v) is 2.02. The zero-order valence-electron chi connectivity index (χ0n) is 7.99. The van der Waals surface area contributed by atoms with Gasteiger partial charge in [-0.15, -0.1) is 0 Å². The summed E-state index contributed by atoms with van der Waals surface area (Å²) in [7, 11) is 0. The fraction of sp³-hybridized carbons (Fsp3) is 0.667. The predicted octanol–water partition coefficient (Wildman–Crippen LogP) is 1.17. The van der Waals surface area contributed by atoms with Crippen LogP contribution in [0.2, 0.25) is 0 Å². The molecule has 0 aliphatic carbocycles. The van der Waals surface area contributed by atoms with E-state index in [1.807, 2.05) is 24.0 Å². The van der Waals surface area contributed by atoms with Crippen LogP contribution in [0.15, 0.2) is 12.4 Å². The van der Waals surface area contributed by atoms with Gasteiger partial charge in [0.2, 0.25) is 0 Å². The van der Waals surface area contributed by atoms with E-state index in [1.54, 1.807) is 0 Å². The van der Waals surface area contributed by atoms with Crippen molar-refractivity contribution < 1.29 is 0 Å². The van der Waals surface area contributed by atoms with Gasteiger partial charge >= 0.3 is 0 Å². The molecule has 1 heterocycles. The van der Waals surface area contributed by atoms with Gasteiger partial charge in [0, 0.05) is 12.2 Å². The molecular formula is C9H17N3. The van der Waals surface area contributed by atoms with Crippen LogP contribution >= 0.6 is 0 Å². The van der Waals surface area contributed by atoms with E-state index in [-0.39, 0.29) is 6.04 Å². The van der Waals surface area contributed by atoms with Crippen LogP contribution in [-0.4, -0.2) is 15.8 Å². The van der Waals surface area contributed by atoms with Crippen LogP contribution in [0, 0.1) is 12.8 Å². The van der Waals surface area contributed by atoms with E-state index >= 15 is 0 Å². The first-order valence-electron chi connectivity index (χ1n) is 4.34. The van der Waals surface area contributed by atoms with Crippen molar-refractivity contribution in [2.75, 3.05) is 0 Å². The molecule has 2 N–H and O–H groups in total. The average Bonchev–Trinajstić information content (AvgIpc) is 2.35. The van der Waals surface area contributed by atoms with Gasteiger partial charge in [-0.05, 0) is 18.4 Å². The maximum atomic E-state index is 5.90. The Balaban J connectivity index is 2.52. The third kappa shape index (κ3) is 2.34. The molecule has 1 aromatic rings. The van der Waals surface area contributed by atoms with E-state index in [0.29, 0.717) is 5.92 Å². The van der Waals surface area contributed by atoms with Crippen molar-refractivity contribution in [3.63, 3.8) is 0 Å². The molecule has 0 amide bonds. The van der Waals surface area contributed by atoms with Crippen molar-refractivity contribution in [1.82, 2.24) is 9.78 Å². The lowest BCUT2D eigenvalue weighted by molar-refractivity contribution is 0.413. The summed E-state index contributed by atoms with van der Waals surface area (Å²) in [6.45, 7) is 7.10. The van der Waals surface area contributed by atoms with E-state index in [1.165, 1.54) is 5.56 Å². The maximum absolute atomic E-state index is 5.90. The first kappa shape index (κ1) is 9.26. The smallest absolute Gasteiger partial charge is 0.0563 e. The van der Waals surface area contributed by atoms with Gasteiger partial charge in [-0.1, -0.05) is 13.8 Å². The van der Waals surface area contributed by atoms with Crippen LogP contribution < -0.4 is 5.73 Å². The summed E-state index contributed by atoms with van der Waals surface area (Å²) >= 11 is 0. The molecule has 1 rings (SSSR count). The highest BCUT2D eigenvalue weighted by Crippen LogP contribution is 2.02. The Hall–Kier alpha value is -0.830. The minimum absolute atomic E-state index is 0.198. The molecule has 0 bridgehead atoms. The van der Waals surface area contributed by atoms with Crippen LogP contribution in [0.4, 0.5) is 0 Å². The quantitative estimate of drug-likeness (QED) is 0.734. The molecular weight excluding hydrogens is 150 g/mol. The lowest BCUT2D eigenvalue weighted by Crippen LogP contribution is -2.31. The summed E-state index contributed by atoms with van der Waals surface area (Å²) in [5.74, 6) is 0.509. The molecule has 3 heteroatoms. The molecule has 0 fully saturated rings. The number of aromatic nitrogens is 2. The molecule has 0 saturated heterocycles. The largest absolute Gasteiger partial charge is 0.326 e. The van der Waals surface area contributed by atoms with Crippen molar-refractivity contribution in [2.24, 2.45) is 11.7 Å². The summed E-state index contributed by atoms with van der Waals surface area (Å²) < 4.78 is 1.90. The van der Waals surface area contributed by atoms with Crippen LogP contribution in [0.3, 0.4) is 0 Å². The summed E-state index contributed by atoms with van der Waals surface area (Å²) in [5.41, 5.74) is 7.08. The number of nitrogens with two attached hydrogens (primary N) is 1. The topological polar surface area (TPSA) is 43.8 Å². The van der Waals surface area contributed by atoms with Gasteiger partial charge in [-0.3, -0.25) is 4.68 Å². The molecule has 1 atom stereocenters. The Morgan fingerprint density at radius 3 is 2.67 bits per heavy atom. The number of aryl methyl sites for hydroxylation is 1. The zero-order valence-corrected chi connectivity index (χ0v) is 7.99. The number of rotatable bonds is 3. The van der Waals surface area contributed by atoms with Crippen molar-refractivity contribution >= 4 is 0 Å². The van der Waals surface area contributed by atoms with Crippen LogP contribution in [0.5, 0.6) is 0 Å². The average molecular weight is 167 g/mol. The van der Waals surface area contributed by atoms with Gasteiger partial charge in [0.25, 0.3) is 0 Å². The monoisotopic (exact) mass is 167 g/mol. The van der Waals surface area contributed by atoms with E-state index in [0.717, 1.165) is 6.54 Å². The lowest BCUT2D eigenvalue weighted by Gasteiger charge is -2.14. The highest BCUT2D eigenvalue weighted by molar-refractivity contribution is 4.99. The van der Waals surface area contributed by atoms with Gasteiger partial charge in [-0.2, -0.15) is 5.10 Å². The minimum atomic E-state index is 0.198. The fourth-order valence-electron chi connectivity index (χ4n) is 0.994. The summed E-state index contributed by atoms with van der Waals surface area (Å²) in [6.07, 6.45) is 3.87. The maximum Gasteiger partial charge on any atom is 0.0563 e. The van der Waals surface area contributed by atoms with Crippen LogP contribution in [0.25, 0.3) is 0 Å². The zero-order chi connectivity index (χ0) is 9.14. The van der Waals surface area contributed by atoms with Crippen molar-refractivity contribution in [3.05, 3.63) is 18.0 Å². The van der Waals surface area contributed by atoms with Gasteiger partial charge in [0.15, 0.2) is 0 Å². The Labute approximate surface area is 73.6 Å². The Morgan fingerprint density at radius 2 is 2.25 bits per heavy atom. The highest BCUT2D eigenvalue weighted by atomic mass is 15.3. The van der Waals surface area contributed by atoms with E-state index in [4.69, 9.17) is 5.73 Å². The first-order valence-corrected chi connectivity index (χ1v) is 4.34. The van der Waals surface area contributed by atoms with E-state index < -0.39 is 0 Å². The van der Waals surface area contributed by atoms with Crippen molar-refractivity contribution in [2.45, 2.75) is 33.4 Å². The molecule has 1 unspecified atom stereocenters. The Morgan fingerprint density at radius 1 is 1.58 bits per heavy atom. The van der Waals surface area contributed by atoms with E-state index in [2.05, 4.69) is 18.9 Å². The molecule has 0 spiro atoms. The predicted molar refractivity (Wildman–Crippen MR) is 49.8 cm³/mol. The lowest BCUT2D eigenvalue weighted by atomic mass is 10.1.